The number of rotatable bonds is 3. The molecule has 1 heterocycles. The molecule has 0 unspecified atom stereocenters. The smallest absolute Gasteiger partial charge is 0.239 e. The molecule has 0 radical (unpaired) electrons. The van der Waals surface area contributed by atoms with E-state index in [1.807, 2.05) is 0 Å². The third kappa shape index (κ3) is 2.17. The highest BCUT2D eigenvalue weighted by atomic mass is 32.2. The molecule has 4 aliphatic carbocycles. The van der Waals surface area contributed by atoms with Crippen molar-refractivity contribution in [3.8, 4) is 0 Å². The Morgan fingerprint density at radius 2 is 2.00 bits per heavy atom. The van der Waals surface area contributed by atoms with Gasteiger partial charge in [0.05, 0.1) is 18.4 Å². The van der Waals surface area contributed by atoms with E-state index in [-0.39, 0.29) is 45.8 Å². The number of amides is 1. The predicted molar refractivity (Wildman–Crippen MR) is 107 cm³/mol. The van der Waals surface area contributed by atoms with Crippen LogP contribution in [0.4, 0.5) is 0 Å². The van der Waals surface area contributed by atoms with Gasteiger partial charge in [-0.05, 0) is 62.2 Å². The summed E-state index contributed by atoms with van der Waals surface area (Å²) in [5.74, 6) is 0.608. The molecule has 0 aromatic heterocycles. The summed E-state index contributed by atoms with van der Waals surface area (Å²) in [5.41, 5.74) is -0.327. The maximum atomic E-state index is 13.8. The molecule has 28 heavy (non-hydrogen) atoms. The third-order valence-electron chi connectivity index (χ3n) is 9.60. The SMILES string of the molecule is COC[C@@]12C=CCC[C@@H]1[C@H](C(=O)N1[C@@H]3C[C@H]4CC[C@]3(CS1(=O)=O)C4(C)C)CC2. The van der Waals surface area contributed by atoms with Crippen LogP contribution in [0.15, 0.2) is 12.2 Å². The molecule has 1 aliphatic heterocycles. The molecule has 3 saturated carbocycles. The summed E-state index contributed by atoms with van der Waals surface area (Å²) in [6, 6.07) is -0.115. The standard InChI is InChI=1S/C22H33NO4S/c1-20(2)15-7-11-22(20)14-28(25,26)23(18(22)12-15)19(24)16-8-10-21(13-27-3)9-5-4-6-17(16)21/h5,9,15-18H,4,6-8,10-14H2,1-3H3/t15-,16-,17-,18-,21+,22-/m1/s1. The molecule has 156 valence electrons. The van der Waals surface area contributed by atoms with Gasteiger partial charge in [-0.2, -0.15) is 0 Å². The van der Waals surface area contributed by atoms with Crippen molar-refractivity contribution in [3.63, 3.8) is 0 Å². The number of sulfonamides is 1. The quantitative estimate of drug-likeness (QED) is 0.673. The van der Waals surface area contributed by atoms with E-state index in [2.05, 4.69) is 26.0 Å². The van der Waals surface area contributed by atoms with Crippen molar-refractivity contribution in [2.45, 2.75) is 64.8 Å². The third-order valence-corrected chi connectivity index (χ3v) is 11.5. The van der Waals surface area contributed by atoms with Crippen LogP contribution in [0.25, 0.3) is 0 Å². The van der Waals surface area contributed by atoms with Crippen LogP contribution in [0.3, 0.4) is 0 Å². The molecule has 6 heteroatoms. The topological polar surface area (TPSA) is 63.7 Å². The van der Waals surface area contributed by atoms with Gasteiger partial charge in [0.15, 0.2) is 0 Å². The van der Waals surface area contributed by atoms with Crippen molar-refractivity contribution in [3.05, 3.63) is 12.2 Å². The van der Waals surface area contributed by atoms with Gasteiger partial charge in [0.25, 0.3) is 0 Å². The molecule has 0 aromatic rings. The number of nitrogens with zero attached hydrogens (tertiary/aromatic N) is 1. The Morgan fingerprint density at radius 3 is 2.71 bits per heavy atom. The average molecular weight is 408 g/mol. The van der Waals surface area contributed by atoms with Gasteiger partial charge in [-0.1, -0.05) is 26.0 Å². The molecule has 1 amide bonds. The lowest BCUT2D eigenvalue weighted by molar-refractivity contribution is -0.135. The molecule has 0 N–H and O–H groups in total. The summed E-state index contributed by atoms with van der Waals surface area (Å²) in [4.78, 5) is 13.8. The number of fused-ring (bicyclic) bond motifs is 2. The number of ether oxygens (including phenoxy) is 1. The zero-order valence-electron chi connectivity index (χ0n) is 17.3. The summed E-state index contributed by atoms with van der Waals surface area (Å²) in [6.45, 7) is 5.09. The van der Waals surface area contributed by atoms with Gasteiger partial charge in [0, 0.05) is 23.9 Å². The van der Waals surface area contributed by atoms with Crippen LogP contribution in [0, 0.1) is 34.0 Å². The van der Waals surface area contributed by atoms with E-state index >= 15 is 0 Å². The van der Waals surface area contributed by atoms with Crippen LogP contribution < -0.4 is 0 Å². The Bertz CT molecular complexity index is 833. The normalized spacial score (nSPS) is 47.3. The van der Waals surface area contributed by atoms with Gasteiger partial charge in [-0.15, -0.1) is 0 Å². The van der Waals surface area contributed by atoms with Crippen LogP contribution in [0.5, 0.6) is 0 Å². The first-order chi connectivity index (χ1) is 13.2. The summed E-state index contributed by atoms with van der Waals surface area (Å²) in [6.07, 6.45) is 11.0. The van der Waals surface area contributed by atoms with Gasteiger partial charge in [-0.25, -0.2) is 12.7 Å². The summed E-state index contributed by atoms with van der Waals surface area (Å²) in [5, 5.41) is 0. The molecule has 5 rings (SSSR count). The van der Waals surface area contributed by atoms with E-state index in [0.717, 1.165) is 44.9 Å². The lowest BCUT2D eigenvalue weighted by Gasteiger charge is -2.39. The number of hydrogen-bond donors (Lipinski definition) is 0. The molecular weight excluding hydrogens is 374 g/mol. The monoisotopic (exact) mass is 407 g/mol. The van der Waals surface area contributed by atoms with Crippen LogP contribution in [-0.2, 0) is 19.6 Å². The highest BCUT2D eigenvalue weighted by Gasteiger charge is 2.72. The van der Waals surface area contributed by atoms with Crippen LogP contribution >= 0.6 is 0 Å². The Kier molecular flexibility index (Phi) is 3.99. The first-order valence-corrected chi connectivity index (χ1v) is 12.5. The first-order valence-electron chi connectivity index (χ1n) is 10.9. The van der Waals surface area contributed by atoms with Crippen molar-refractivity contribution in [2.24, 2.45) is 34.0 Å². The minimum atomic E-state index is -3.53. The van der Waals surface area contributed by atoms with Gasteiger partial charge >= 0.3 is 0 Å². The Labute approximate surface area is 168 Å². The molecule has 4 fully saturated rings. The van der Waals surface area contributed by atoms with Gasteiger partial charge in [0.1, 0.15) is 0 Å². The van der Waals surface area contributed by atoms with Crippen molar-refractivity contribution >= 4 is 15.9 Å². The van der Waals surface area contributed by atoms with E-state index < -0.39 is 10.0 Å². The molecule has 5 nitrogen and oxygen atoms in total. The first kappa shape index (κ1) is 19.1. The van der Waals surface area contributed by atoms with E-state index in [0.29, 0.717) is 12.5 Å². The fraction of sp³-hybridized carbons (Fsp3) is 0.864. The second-order valence-electron chi connectivity index (χ2n) is 10.7. The second-order valence-corrected chi connectivity index (χ2v) is 12.5. The van der Waals surface area contributed by atoms with Crippen LogP contribution in [0.1, 0.15) is 58.8 Å². The fourth-order valence-electron chi connectivity index (χ4n) is 8.03. The maximum Gasteiger partial charge on any atom is 0.239 e. The largest absolute Gasteiger partial charge is 0.384 e. The van der Waals surface area contributed by atoms with E-state index in [9.17, 15) is 13.2 Å². The summed E-state index contributed by atoms with van der Waals surface area (Å²) in [7, 11) is -1.82. The van der Waals surface area contributed by atoms with E-state index in [1.165, 1.54) is 4.31 Å². The Morgan fingerprint density at radius 1 is 1.21 bits per heavy atom. The molecule has 0 aromatic carbocycles. The van der Waals surface area contributed by atoms with Crippen LogP contribution in [0.2, 0.25) is 0 Å². The van der Waals surface area contributed by atoms with Crippen molar-refractivity contribution in [1.82, 2.24) is 4.31 Å². The van der Waals surface area contributed by atoms with Crippen molar-refractivity contribution in [1.29, 1.82) is 0 Å². The molecule has 2 bridgehead atoms. The zero-order valence-corrected chi connectivity index (χ0v) is 18.1. The number of methoxy groups -OCH3 is 1. The highest BCUT2D eigenvalue weighted by Crippen LogP contribution is 2.70. The molecule has 1 spiro atoms. The lowest BCUT2D eigenvalue weighted by Crippen LogP contribution is -2.48. The molecule has 6 atom stereocenters. The van der Waals surface area contributed by atoms with Gasteiger partial charge in [0.2, 0.25) is 15.9 Å². The molecule has 5 aliphatic rings. The van der Waals surface area contributed by atoms with Crippen LogP contribution in [-0.4, -0.2) is 44.1 Å². The molecule has 1 saturated heterocycles. The minimum absolute atomic E-state index is 0.00281. The van der Waals surface area contributed by atoms with Gasteiger partial charge in [-0.3, -0.25) is 4.79 Å². The number of allylic oxidation sites excluding steroid dienone is 1. The molecular formula is C22H33NO4S. The summed E-state index contributed by atoms with van der Waals surface area (Å²) >= 11 is 0. The predicted octanol–water partition coefficient (Wildman–Crippen LogP) is 3.36. The van der Waals surface area contributed by atoms with Crippen molar-refractivity contribution in [2.75, 3.05) is 19.5 Å². The number of hydrogen-bond acceptors (Lipinski definition) is 4. The Balaban J connectivity index is 1.49. The van der Waals surface area contributed by atoms with E-state index in [4.69, 9.17) is 4.74 Å². The van der Waals surface area contributed by atoms with Gasteiger partial charge < -0.3 is 4.74 Å². The van der Waals surface area contributed by atoms with Crippen molar-refractivity contribution < 1.29 is 17.9 Å². The Hall–Kier alpha value is -0.880. The highest BCUT2D eigenvalue weighted by molar-refractivity contribution is 7.90. The fourth-order valence-corrected chi connectivity index (χ4v) is 10.6. The number of carbonyl (C=O) groups excluding carboxylic acids is 1. The minimum Gasteiger partial charge on any atom is -0.384 e. The maximum absolute atomic E-state index is 13.8. The lowest BCUT2D eigenvalue weighted by atomic mass is 9.68. The average Bonchev–Trinajstić information content (AvgIpc) is 3.25. The van der Waals surface area contributed by atoms with E-state index in [1.54, 1.807) is 7.11 Å². The summed E-state index contributed by atoms with van der Waals surface area (Å²) < 4.78 is 33.5. The number of carbonyl (C=O) groups is 1. The zero-order chi connectivity index (χ0) is 19.9. The second kappa shape index (κ2) is 5.84.